The number of rotatable bonds is 7. The van der Waals surface area contributed by atoms with Crippen LogP contribution in [0.4, 0.5) is 4.39 Å². The van der Waals surface area contributed by atoms with Crippen molar-refractivity contribution < 1.29 is 9.50 Å². The molecule has 0 saturated heterocycles. The van der Waals surface area contributed by atoms with Gasteiger partial charge in [0, 0.05) is 29.0 Å². The van der Waals surface area contributed by atoms with E-state index < -0.39 is 0 Å². The third kappa shape index (κ3) is 4.65. The summed E-state index contributed by atoms with van der Waals surface area (Å²) in [4.78, 5) is 3.53. The number of benzene rings is 2. The molecule has 0 aromatic heterocycles. The Balaban J connectivity index is 2.19. The summed E-state index contributed by atoms with van der Waals surface area (Å²) in [6.07, 6.45) is 0. The lowest BCUT2D eigenvalue weighted by molar-refractivity contribution is 0.220. The van der Waals surface area contributed by atoms with Gasteiger partial charge in [0.2, 0.25) is 0 Å². The molecule has 160 valence electrons. The fourth-order valence-corrected chi connectivity index (χ4v) is 5.89. The van der Waals surface area contributed by atoms with E-state index in [1.165, 1.54) is 28.3 Å². The van der Waals surface area contributed by atoms with Crippen molar-refractivity contribution in [3.63, 3.8) is 0 Å². The van der Waals surface area contributed by atoms with Gasteiger partial charge >= 0.3 is 0 Å². The minimum Gasteiger partial charge on any atom is -0.392 e. The van der Waals surface area contributed by atoms with Crippen molar-refractivity contribution in [1.82, 2.24) is 4.90 Å². The summed E-state index contributed by atoms with van der Waals surface area (Å²) in [6.45, 7) is 8.82. The van der Waals surface area contributed by atoms with Crippen LogP contribution in [-0.2, 0) is 5.75 Å². The van der Waals surface area contributed by atoms with Crippen LogP contribution in [0.25, 0.3) is 5.57 Å². The highest BCUT2D eigenvalue weighted by Gasteiger charge is 2.36. The first-order valence-electron chi connectivity index (χ1n) is 10.6. The van der Waals surface area contributed by atoms with Gasteiger partial charge in [0.15, 0.2) is 0 Å². The third-order valence-corrected chi connectivity index (χ3v) is 6.82. The first kappa shape index (κ1) is 22.6. The van der Waals surface area contributed by atoms with E-state index >= 15 is 0 Å². The van der Waals surface area contributed by atoms with Gasteiger partial charge in [-0.25, -0.2) is 4.39 Å². The molecule has 30 heavy (non-hydrogen) atoms. The lowest BCUT2D eigenvalue weighted by Crippen LogP contribution is -2.43. The molecule has 3 rings (SSSR count). The van der Waals surface area contributed by atoms with Gasteiger partial charge in [-0.05, 0) is 40.7 Å². The Morgan fingerprint density at radius 1 is 1.00 bits per heavy atom. The van der Waals surface area contributed by atoms with Crippen LogP contribution in [0.5, 0.6) is 0 Å². The Labute approximate surface area is 184 Å². The number of aliphatic hydroxyl groups is 1. The summed E-state index contributed by atoms with van der Waals surface area (Å²) >= 11 is 1.81. The highest BCUT2D eigenvalue weighted by Crippen LogP contribution is 2.47. The Bertz CT molecular complexity index is 916. The van der Waals surface area contributed by atoms with Crippen LogP contribution < -0.4 is 0 Å². The molecule has 0 saturated carbocycles. The summed E-state index contributed by atoms with van der Waals surface area (Å²) in [7, 11) is 2.14. The molecule has 2 nitrogen and oxygen atoms in total. The monoisotopic (exact) mass is 425 g/mol. The predicted octanol–water partition coefficient (Wildman–Crippen LogP) is 6.34. The molecule has 2 aromatic rings. The van der Waals surface area contributed by atoms with E-state index in [0.29, 0.717) is 11.8 Å². The number of thioether (sulfide) groups is 1. The number of halogens is 1. The zero-order valence-electron chi connectivity index (χ0n) is 18.5. The van der Waals surface area contributed by atoms with Crippen molar-refractivity contribution in [2.24, 2.45) is 11.8 Å². The number of nitrogens with zero attached hydrogens (tertiary/aromatic N) is 1. The second-order valence-electron chi connectivity index (χ2n) is 8.51. The van der Waals surface area contributed by atoms with Gasteiger partial charge in [-0.2, -0.15) is 0 Å². The average Bonchev–Trinajstić information content (AvgIpc) is 2.72. The Kier molecular flexibility index (Phi) is 7.43. The maximum absolute atomic E-state index is 13.7. The largest absolute Gasteiger partial charge is 0.392 e. The minimum atomic E-state index is -0.246. The van der Waals surface area contributed by atoms with Crippen LogP contribution in [0.2, 0.25) is 0 Å². The fourth-order valence-electron chi connectivity index (χ4n) is 4.47. The first-order chi connectivity index (χ1) is 14.3. The molecule has 0 radical (unpaired) electrons. The number of hydrogen-bond acceptors (Lipinski definition) is 3. The van der Waals surface area contributed by atoms with E-state index in [1.807, 2.05) is 18.2 Å². The number of aliphatic hydroxyl groups excluding tert-OH is 1. The van der Waals surface area contributed by atoms with Crippen LogP contribution in [0.1, 0.15) is 38.8 Å². The molecule has 1 heterocycles. The van der Waals surface area contributed by atoms with Gasteiger partial charge in [-0.3, -0.25) is 0 Å². The molecular formula is C26H32FNOS. The number of hydrogen-bond donors (Lipinski definition) is 1. The van der Waals surface area contributed by atoms with E-state index in [9.17, 15) is 9.50 Å². The lowest BCUT2D eigenvalue weighted by atomic mass is 9.83. The van der Waals surface area contributed by atoms with Crippen LogP contribution in [0.15, 0.2) is 70.8 Å². The highest BCUT2D eigenvalue weighted by molar-refractivity contribution is 8.02. The van der Waals surface area contributed by atoms with Gasteiger partial charge in [-0.1, -0.05) is 70.2 Å². The quantitative estimate of drug-likeness (QED) is 0.560. The van der Waals surface area contributed by atoms with E-state index in [0.717, 1.165) is 22.5 Å². The Hall–Kier alpha value is -2.04. The summed E-state index contributed by atoms with van der Waals surface area (Å²) in [5, 5.41) is 10.5. The maximum Gasteiger partial charge on any atom is 0.123 e. The van der Waals surface area contributed by atoms with Crippen molar-refractivity contribution in [2.75, 3.05) is 13.7 Å². The van der Waals surface area contributed by atoms with Crippen LogP contribution in [0, 0.1) is 17.7 Å². The van der Waals surface area contributed by atoms with Crippen molar-refractivity contribution in [3.8, 4) is 0 Å². The van der Waals surface area contributed by atoms with Crippen molar-refractivity contribution in [2.45, 2.75) is 39.5 Å². The molecule has 1 unspecified atom stereocenters. The van der Waals surface area contributed by atoms with Gasteiger partial charge in [0.05, 0.1) is 12.6 Å². The lowest BCUT2D eigenvalue weighted by Gasteiger charge is -2.44. The van der Waals surface area contributed by atoms with Crippen molar-refractivity contribution in [1.29, 1.82) is 0 Å². The zero-order valence-corrected chi connectivity index (χ0v) is 19.3. The maximum atomic E-state index is 13.7. The molecule has 0 spiro atoms. The summed E-state index contributed by atoms with van der Waals surface area (Å²) < 4.78 is 13.7. The highest BCUT2D eigenvalue weighted by atomic mass is 32.2. The number of allylic oxidation sites excluding steroid dienone is 2. The normalized spacial score (nSPS) is 17.5. The molecule has 2 aromatic carbocycles. The van der Waals surface area contributed by atoms with E-state index in [2.05, 4.69) is 63.9 Å². The number of likely N-dealkylation sites (N-methyl/N-ethyl adjacent to an activating group) is 1. The SMILES string of the molecule is CC(C)C1=C(SCc2ccccc2)C(c2ccc(F)cc2)=C(CO)C(C(C)C)N1C. The summed E-state index contributed by atoms with van der Waals surface area (Å²) in [5.41, 5.74) is 5.59. The average molecular weight is 426 g/mol. The summed E-state index contributed by atoms with van der Waals surface area (Å²) in [6, 6.07) is 17.2. The molecule has 0 bridgehead atoms. The van der Waals surface area contributed by atoms with Crippen molar-refractivity contribution in [3.05, 3.63) is 87.7 Å². The van der Waals surface area contributed by atoms with E-state index in [1.54, 1.807) is 11.8 Å². The van der Waals surface area contributed by atoms with Gasteiger partial charge in [0.25, 0.3) is 0 Å². The predicted molar refractivity (Wildman–Crippen MR) is 126 cm³/mol. The second kappa shape index (κ2) is 9.84. The molecule has 1 atom stereocenters. The molecule has 1 aliphatic heterocycles. The molecule has 1 aliphatic rings. The van der Waals surface area contributed by atoms with Crippen LogP contribution in [-0.4, -0.2) is 29.7 Å². The molecule has 0 fully saturated rings. The molecule has 0 aliphatic carbocycles. The zero-order chi connectivity index (χ0) is 21.8. The minimum absolute atomic E-state index is 0.0132. The smallest absolute Gasteiger partial charge is 0.123 e. The first-order valence-corrected chi connectivity index (χ1v) is 11.6. The third-order valence-electron chi connectivity index (χ3n) is 5.64. The van der Waals surface area contributed by atoms with Gasteiger partial charge < -0.3 is 10.0 Å². The van der Waals surface area contributed by atoms with E-state index in [4.69, 9.17) is 0 Å². The van der Waals surface area contributed by atoms with E-state index in [-0.39, 0.29) is 18.5 Å². The summed E-state index contributed by atoms with van der Waals surface area (Å²) in [5.74, 6) is 1.26. The molecule has 4 heteroatoms. The fraction of sp³-hybridized carbons (Fsp3) is 0.385. The standard InChI is InChI=1S/C26H32FNOS/c1-17(2)24-22(15-29)23(20-11-13-21(27)14-12-20)26(25(18(3)4)28(24)5)30-16-19-9-7-6-8-10-19/h6-14,17-18,24,29H,15-16H2,1-5H3. The van der Waals surface area contributed by atoms with Crippen LogP contribution >= 0.6 is 11.8 Å². The molecule has 1 N–H and O–H groups in total. The molecule has 0 amide bonds. The van der Waals surface area contributed by atoms with Crippen LogP contribution in [0.3, 0.4) is 0 Å². The second-order valence-corrected chi connectivity index (χ2v) is 9.49. The van der Waals surface area contributed by atoms with Gasteiger partial charge in [-0.15, -0.1) is 11.8 Å². The Morgan fingerprint density at radius 2 is 1.63 bits per heavy atom. The Morgan fingerprint density at radius 3 is 2.17 bits per heavy atom. The topological polar surface area (TPSA) is 23.5 Å². The van der Waals surface area contributed by atoms with Gasteiger partial charge in [0.1, 0.15) is 5.82 Å². The van der Waals surface area contributed by atoms with Crippen molar-refractivity contribution >= 4 is 17.3 Å². The molecular weight excluding hydrogens is 393 g/mol.